The van der Waals surface area contributed by atoms with Gasteiger partial charge in [0.25, 0.3) is 5.91 Å². The van der Waals surface area contributed by atoms with Gasteiger partial charge < -0.3 is 14.7 Å². The highest BCUT2D eigenvalue weighted by Crippen LogP contribution is 2.35. The minimum Gasteiger partial charge on any atom is -0.342 e. The Labute approximate surface area is 244 Å². The van der Waals surface area contributed by atoms with Crippen LogP contribution in [0, 0.1) is 18.6 Å². The SMILES string of the molecule is CC(=O)N(C)C1CCN(CCN2CC(C(=O)N(C)c3ccc(F)c(Cl)c3F)N(c3cc(C(F)(F)F)cc(C)n3)C2=O)C1. The number of likely N-dealkylation sites (tertiary alicyclic amines) is 1. The van der Waals surface area contributed by atoms with Crippen molar-refractivity contribution in [1.29, 1.82) is 0 Å². The van der Waals surface area contributed by atoms with Gasteiger partial charge in [0, 0.05) is 58.9 Å². The molecule has 0 radical (unpaired) electrons. The van der Waals surface area contributed by atoms with Crippen LogP contribution >= 0.6 is 11.6 Å². The van der Waals surface area contributed by atoms with Crippen molar-refractivity contribution in [3.63, 3.8) is 0 Å². The summed E-state index contributed by atoms with van der Waals surface area (Å²) in [5.41, 5.74) is -1.45. The lowest BCUT2D eigenvalue weighted by Crippen LogP contribution is -2.47. The lowest BCUT2D eigenvalue weighted by atomic mass is 10.1. The number of aryl methyl sites for hydroxylation is 1. The standard InChI is InChI=1S/C27H30ClF5N6O3/c1-15-11-17(27(31,32)33)12-22(34-15)39-21(25(41)36(4)20-6-5-19(29)23(28)24(20)30)14-38(26(39)42)10-9-37-8-7-18(13-37)35(3)16(2)40/h5-6,11-12,18,21H,7-10,13-14H2,1-4H3. The summed E-state index contributed by atoms with van der Waals surface area (Å²) in [6, 6.07) is 1.26. The highest BCUT2D eigenvalue weighted by atomic mass is 35.5. The molecule has 2 aliphatic rings. The van der Waals surface area contributed by atoms with E-state index in [-0.39, 0.29) is 42.2 Å². The van der Waals surface area contributed by atoms with Crippen molar-refractivity contribution in [2.45, 2.75) is 38.5 Å². The first kappa shape index (κ1) is 31.4. The smallest absolute Gasteiger partial charge is 0.342 e. The molecule has 4 amide bonds. The van der Waals surface area contributed by atoms with E-state index in [1.807, 2.05) is 4.90 Å². The topological polar surface area (TPSA) is 80.3 Å². The Balaban J connectivity index is 1.62. The van der Waals surface area contributed by atoms with Crippen molar-refractivity contribution in [2.75, 3.05) is 56.6 Å². The maximum Gasteiger partial charge on any atom is 0.416 e. The molecule has 0 bridgehead atoms. The zero-order chi connectivity index (χ0) is 31.1. The number of amides is 4. The van der Waals surface area contributed by atoms with Gasteiger partial charge in [-0.3, -0.25) is 19.4 Å². The van der Waals surface area contributed by atoms with Gasteiger partial charge in [-0.05, 0) is 37.6 Å². The predicted octanol–water partition coefficient (Wildman–Crippen LogP) is 4.17. The first-order chi connectivity index (χ1) is 19.6. The molecule has 0 saturated carbocycles. The lowest BCUT2D eigenvalue weighted by Gasteiger charge is -2.27. The number of pyridine rings is 1. The van der Waals surface area contributed by atoms with Crippen LogP contribution in [0.4, 0.5) is 38.3 Å². The van der Waals surface area contributed by atoms with Crippen LogP contribution in [-0.4, -0.2) is 96.4 Å². The molecule has 15 heteroatoms. The molecule has 2 unspecified atom stereocenters. The molecule has 4 rings (SSSR count). The van der Waals surface area contributed by atoms with Gasteiger partial charge in [-0.2, -0.15) is 13.2 Å². The van der Waals surface area contributed by atoms with Crippen LogP contribution in [0.15, 0.2) is 24.3 Å². The van der Waals surface area contributed by atoms with Crippen molar-refractivity contribution in [1.82, 2.24) is 19.7 Å². The number of anilines is 2. The molecule has 1 aromatic carbocycles. The number of halogens is 6. The van der Waals surface area contributed by atoms with Crippen molar-refractivity contribution in [3.05, 3.63) is 52.2 Å². The first-order valence-electron chi connectivity index (χ1n) is 13.1. The van der Waals surface area contributed by atoms with Crippen LogP contribution in [0.3, 0.4) is 0 Å². The summed E-state index contributed by atoms with van der Waals surface area (Å²) >= 11 is 5.69. The zero-order valence-corrected chi connectivity index (χ0v) is 24.1. The number of rotatable bonds is 7. The Hall–Kier alpha value is -3.52. The summed E-state index contributed by atoms with van der Waals surface area (Å²) in [7, 11) is 2.91. The fraction of sp³-hybridized carbons (Fsp3) is 0.481. The molecule has 42 heavy (non-hydrogen) atoms. The van der Waals surface area contributed by atoms with Crippen molar-refractivity contribution in [2.24, 2.45) is 0 Å². The Morgan fingerprint density at radius 1 is 1.12 bits per heavy atom. The minimum atomic E-state index is -4.74. The summed E-state index contributed by atoms with van der Waals surface area (Å²) < 4.78 is 69.4. The lowest BCUT2D eigenvalue weighted by molar-refractivity contribution is -0.137. The summed E-state index contributed by atoms with van der Waals surface area (Å²) in [6.07, 6.45) is -4.00. The Kier molecular flexibility index (Phi) is 8.97. The van der Waals surface area contributed by atoms with E-state index in [0.717, 1.165) is 34.4 Å². The first-order valence-corrected chi connectivity index (χ1v) is 13.5. The van der Waals surface area contributed by atoms with E-state index in [1.165, 1.54) is 25.8 Å². The van der Waals surface area contributed by atoms with Crippen LogP contribution in [-0.2, 0) is 15.8 Å². The number of aromatic nitrogens is 1. The van der Waals surface area contributed by atoms with E-state index < -0.39 is 46.4 Å². The molecule has 228 valence electrons. The monoisotopic (exact) mass is 616 g/mol. The fourth-order valence-electron chi connectivity index (χ4n) is 5.19. The Morgan fingerprint density at radius 2 is 1.81 bits per heavy atom. The van der Waals surface area contributed by atoms with Gasteiger partial charge in [0.15, 0.2) is 5.82 Å². The number of nitrogens with zero attached hydrogens (tertiary/aromatic N) is 6. The second-order valence-electron chi connectivity index (χ2n) is 10.4. The Morgan fingerprint density at radius 3 is 2.45 bits per heavy atom. The number of likely N-dealkylation sites (N-methyl/N-ethyl adjacent to an activating group) is 2. The van der Waals surface area contributed by atoms with Gasteiger partial charge in [0.1, 0.15) is 22.7 Å². The average molecular weight is 617 g/mol. The molecular formula is C27H30ClF5N6O3. The van der Waals surface area contributed by atoms with Crippen molar-refractivity contribution >= 4 is 41.0 Å². The summed E-state index contributed by atoms with van der Waals surface area (Å²) in [6.45, 7) is 4.34. The molecule has 2 atom stereocenters. The number of benzene rings is 1. The number of carbonyl (C=O) groups excluding carboxylic acids is 3. The van der Waals surface area contributed by atoms with E-state index in [9.17, 15) is 36.3 Å². The molecule has 2 fully saturated rings. The van der Waals surface area contributed by atoms with Gasteiger partial charge in [-0.25, -0.2) is 18.6 Å². The summed E-state index contributed by atoms with van der Waals surface area (Å²) in [5, 5.41) is -0.831. The second kappa shape index (κ2) is 12.0. The number of alkyl halides is 3. The van der Waals surface area contributed by atoms with E-state index in [1.54, 1.807) is 11.9 Å². The molecule has 2 aromatic rings. The maximum absolute atomic E-state index is 14.8. The largest absolute Gasteiger partial charge is 0.416 e. The molecular weight excluding hydrogens is 587 g/mol. The molecule has 9 nitrogen and oxygen atoms in total. The summed E-state index contributed by atoms with van der Waals surface area (Å²) in [5.74, 6) is -3.53. The normalized spacial score (nSPS) is 19.5. The van der Waals surface area contributed by atoms with E-state index >= 15 is 0 Å². The van der Waals surface area contributed by atoms with Crippen molar-refractivity contribution < 1.29 is 36.3 Å². The van der Waals surface area contributed by atoms with Gasteiger partial charge in [0.05, 0.1) is 17.8 Å². The van der Waals surface area contributed by atoms with Crippen LogP contribution in [0.1, 0.15) is 24.6 Å². The molecule has 0 N–H and O–H groups in total. The second-order valence-corrected chi connectivity index (χ2v) is 10.8. The number of hydrogen-bond acceptors (Lipinski definition) is 5. The quantitative estimate of drug-likeness (QED) is 0.345. The van der Waals surface area contributed by atoms with Gasteiger partial charge in [-0.15, -0.1) is 0 Å². The van der Waals surface area contributed by atoms with E-state index in [2.05, 4.69) is 4.98 Å². The maximum atomic E-state index is 14.8. The predicted molar refractivity (Wildman–Crippen MR) is 145 cm³/mol. The average Bonchev–Trinajstić information content (AvgIpc) is 3.52. The molecule has 2 aliphatic heterocycles. The zero-order valence-electron chi connectivity index (χ0n) is 23.4. The number of hydrogen-bond donors (Lipinski definition) is 0. The number of urea groups is 1. The fourth-order valence-corrected chi connectivity index (χ4v) is 5.35. The Bertz CT molecular complexity index is 1390. The number of carbonyl (C=O) groups is 3. The highest BCUT2D eigenvalue weighted by molar-refractivity contribution is 6.31. The minimum absolute atomic E-state index is 0.00553. The van der Waals surface area contributed by atoms with Crippen LogP contribution in [0.25, 0.3) is 0 Å². The van der Waals surface area contributed by atoms with E-state index in [0.29, 0.717) is 25.7 Å². The van der Waals surface area contributed by atoms with Gasteiger partial charge in [-0.1, -0.05) is 11.6 Å². The third-order valence-electron chi connectivity index (χ3n) is 7.67. The van der Waals surface area contributed by atoms with Crippen LogP contribution in [0.2, 0.25) is 5.02 Å². The molecule has 1 aromatic heterocycles. The highest BCUT2D eigenvalue weighted by Gasteiger charge is 2.45. The third kappa shape index (κ3) is 6.28. The van der Waals surface area contributed by atoms with Crippen LogP contribution < -0.4 is 9.80 Å². The van der Waals surface area contributed by atoms with E-state index in [4.69, 9.17) is 11.6 Å². The van der Waals surface area contributed by atoms with Gasteiger partial charge in [0.2, 0.25) is 5.91 Å². The van der Waals surface area contributed by atoms with Gasteiger partial charge >= 0.3 is 12.2 Å². The third-order valence-corrected chi connectivity index (χ3v) is 8.01. The molecule has 0 aliphatic carbocycles. The van der Waals surface area contributed by atoms with Crippen LogP contribution in [0.5, 0.6) is 0 Å². The molecule has 0 spiro atoms. The molecule has 2 saturated heterocycles. The van der Waals surface area contributed by atoms with Crippen molar-refractivity contribution in [3.8, 4) is 0 Å². The summed E-state index contributed by atoms with van der Waals surface area (Å²) in [4.78, 5) is 49.9. The molecule has 3 heterocycles.